The zero-order chi connectivity index (χ0) is 21.5. The maximum atomic E-state index is 13.9. The quantitative estimate of drug-likeness (QED) is 0.428. The molecule has 0 N–H and O–H groups in total. The molecule has 0 spiro atoms. The van der Waals surface area contributed by atoms with Crippen LogP contribution in [0.15, 0.2) is 36.4 Å². The van der Waals surface area contributed by atoms with Crippen molar-refractivity contribution in [2.75, 3.05) is 13.6 Å². The second kappa shape index (κ2) is 7.53. The highest BCUT2D eigenvalue weighted by Crippen LogP contribution is 2.36. The molecule has 1 aliphatic rings. The molecular weight excluding hydrogens is 400 g/mol. The maximum absolute atomic E-state index is 13.9. The van der Waals surface area contributed by atoms with Gasteiger partial charge in [0.2, 0.25) is 5.91 Å². The molecule has 2 aromatic carbocycles. The number of nitrogens with zero attached hydrogens (tertiary/aromatic N) is 1. The Kier molecular flexibility index (Phi) is 5.42. The largest absolute Gasteiger partial charge is 0.416 e. The zero-order valence-electron chi connectivity index (χ0n) is 15.1. The van der Waals surface area contributed by atoms with Gasteiger partial charge in [0, 0.05) is 25.9 Å². The van der Waals surface area contributed by atoms with Gasteiger partial charge in [-0.3, -0.25) is 9.59 Å². The molecular formula is C20H15F6NO2. The first-order chi connectivity index (χ1) is 13.5. The number of Topliss-reactive ketones (excluding diaryl/α,β-unsaturated/α-hetero) is 1. The van der Waals surface area contributed by atoms with Gasteiger partial charge in [-0.25, -0.2) is 13.2 Å². The number of rotatable bonds is 4. The van der Waals surface area contributed by atoms with Gasteiger partial charge in [-0.1, -0.05) is 18.2 Å². The van der Waals surface area contributed by atoms with Crippen molar-refractivity contribution in [3.63, 3.8) is 0 Å². The van der Waals surface area contributed by atoms with Gasteiger partial charge in [-0.15, -0.1) is 0 Å². The van der Waals surface area contributed by atoms with Crippen molar-refractivity contribution in [3.8, 4) is 0 Å². The number of amides is 1. The Morgan fingerprint density at radius 1 is 1.03 bits per heavy atom. The fraction of sp³-hybridized carbons (Fsp3) is 0.300. The Morgan fingerprint density at radius 3 is 2.24 bits per heavy atom. The van der Waals surface area contributed by atoms with Gasteiger partial charge < -0.3 is 4.90 Å². The molecule has 1 aliphatic heterocycles. The number of halogens is 6. The van der Waals surface area contributed by atoms with E-state index in [1.807, 2.05) is 0 Å². The van der Waals surface area contributed by atoms with Gasteiger partial charge in [-0.05, 0) is 29.3 Å². The molecule has 1 amide bonds. The number of hydrogen-bond acceptors (Lipinski definition) is 2. The first-order valence-corrected chi connectivity index (χ1v) is 8.58. The van der Waals surface area contributed by atoms with Crippen molar-refractivity contribution >= 4 is 11.7 Å². The smallest absolute Gasteiger partial charge is 0.344 e. The second-order valence-corrected chi connectivity index (χ2v) is 6.90. The number of hydrogen-bond donors (Lipinski definition) is 0. The number of likely N-dealkylation sites (N-methyl/N-ethyl adjacent to an activating group) is 1. The second-order valence-electron chi connectivity index (χ2n) is 6.90. The van der Waals surface area contributed by atoms with Crippen molar-refractivity contribution in [1.82, 2.24) is 4.90 Å². The van der Waals surface area contributed by atoms with Crippen molar-refractivity contribution in [2.24, 2.45) is 5.92 Å². The maximum Gasteiger partial charge on any atom is 0.416 e. The fourth-order valence-electron chi connectivity index (χ4n) is 3.48. The topological polar surface area (TPSA) is 37.4 Å². The van der Waals surface area contributed by atoms with E-state index in [9.17, 15) is 35.9 Å². The van der Waals surface area contributed by atoms with E-state index in [0.717, 1.165) is 18.2 Å². The molecule has 0 bridgehead atoms. The first-order valence-electron chi connectivity index (χ1n) is 8.58. The van der Waals surface area contributed by atoms with Crippen LogP contribution < -0.4 is 0 Å². The third-order valence-corrected chi connectivity index (χ3v) is 5.01. The minimum atomic E-state index is -4.53. The lowest BCUT2D eigenvalue weighted by atomic mass is 9.83. The highest BCUT2D eigenvalue weighted by Gasteiger charge is 2.44. The summed E-state index contributed by atoms with van der Waals surface area (Å²) in [6, 6.07) is 5.69. The van der Waals surface area contributed by atoms with Crippen LogP contribution in [-0.2, 0) is 22.2 Å². The van der Waals surface area contributed by atoms with Gasteiger partial charge in [-0.2, -0.15) is 13.2 Å². The fourth-order valence-corrected chi connectivity index (χ4v) is 3.48. The molecule has 29 heavy (non-hydrogen) atoms. The predicted molar refractivity (Wildman–Crippen MR) is 90.3 cm³/mol. The standard InChI is InChI=1S/C20H15F6NO2/c1-27-9-13(10-2-5-12(6-3-10)20(24,25)26)16(19(27)29)15(28)8-11-4-7-14(21)18(23)17(11)22/h2-7,13,16H,8-9H2,1H3/t13-,16+/m1/s1. The number of ketones is 1. The summed E-state index contributed by atoms with van der Waals surface area (Å²) in [5.74, 6) is -7.93. The third kappa shape index (κ3) is 3.99. The highest BCUT2D eigenvalue weighted by molar-refractivity contribution is 6.04. The molecule has 3 rings (SSSR count). The summed E-state index contributed by atoms with van der Waals surface area (Å²) < 4.78 is 78.6. The summed E-state index contributed by atoms with van der Waals surface area (Å²) >= 11 is 0. The van der Waals surface area contributed by atoms with E-state index in [1.165, 1.54) is 24.1 Å². The molecule has 0 saturated carbocycles. The van der Waals surface area contributed by atoms with Gasteiger partial charge in [0.1, 0.15) is 11.7 Å². The van der Waals surface area contributed by atoms with E-state index < -0.39 is 64.7 Å². The molecule has 9 heteroatoms. The van der Waals surface area contributed by atoms with E-state index in [4.69, 9.17) is 0 Å². The van der Waals surface area contributed by atoms with Gasteiger partial charge in [0.05, 0.1) is 5.56 Å². The SMILES string of the molecule is CN1C[C@H](c2ccc(C(F)(F)F)cc2)[C@@H](C(=O)Cc2ccc(F)c(F)c2F)C1=O. The predicted octanol–water partition coefficient (Wildman–Crippen LogP) is 4.11. The van der Waals surface area contributed by atoms with Crippen molar-refractivity contribution in [2.45, 2.75) is 18.5 Å². The third-order valence-electron chi connectivity index (χ3n) is 5.01. The van der Waals surface area contributed by atoms with E-state index in [0.29, 0.717) is 11.6 Å². The Labute approximate surface area is 161 Å². The van der Waals surface area contributed by atoms with E-state index in [2.05, 4.69) is 0 Å². The molecule has 3 nitrogen and oxygen atoms in total. The molecule has 2 aromatic rings. The number of likely N-dealkylation sites (tertiary alicyclic amines) is 1. The van der Waals surface area contributed by atoms with Gasteiger partial charge >= 0.3 is 6.18 Å². The Bertz CT molecular complexity index is 955. The number of benzene rings is 2. The average molecular weight is 415 g/mol. The number of carbonyl (C=O) groups excluding carboxylic acids is 2. The molecule has 1 fully saturated rings. The summed E-state index contributed by atoms with van der Waals surface area (Å²) in [6.45, 7) is 0.0842. The van der Waals surface area contributed by atoms with Crippen LogP contribution in [0.3, 0.4) is 0 Å². The Hall–Kier alpha value is -2.84. The van der Waals surface area contributed by atoms with Crippen LogP contribution in [0.25, 0.3) is 0 Å². The Balaban J connectivity index is 1.88. The summed E-state index contributed by atoms with van der Waals surface area (Å²) in [7, 11) is 1.44. The van der Waals surface area contributed by atoms with E-state index >= 15 is 0 Å². The average Bonchev–Trinajstić information content (AvgIpc) is 2.96. The van der Waals surface area contributed by atoms with Crippen LogP contribution >= 0.6 is 0 Å². The number of alkyl halides is 3. The van der Waals surface area contributed by atoms with Crippen LogP contribution in [0.5, 0.6) is 0 Å². The van der Waals surface area contributed by atoms with E-state index in [-0.39, 0.29) is 6.54 Å². The molecule has 0 unspecified atom stereocenters. The van der Waals surface area contributed by atoms with Crippen molar-refractivity contribution < 1.29 is 35.9 Å². The van der Waals surface area contributed by atoms with Gasteiger partial charge in [0.15, 0.2) is 17.5 Å². The number of carbonyl (C=O) groups is 2. The minimum absolute atomic E-state index is 0.0842. The summed E-state index contributed by atoms with van der Waals surface area (Å²) in [5, 5.41) is 0. The Morgan fingerprint density at radius 2 is 1.66 bits per heavy atom. The highest BCUT2D eigenvalue weighted by atomic mass is 19.4. The van der Waals surface area contributed by atoms with Crippen LogP contribution in [0.1, 0.15) is 22.6 Å². The summed E-state index contributed by atoms with van der Waals surface area (Å²) in [6.07, 6.45) is -5.18. The first kappa shape index (κ1) is 20.9. The molecule has 0 aromatic heterocycles. The van der Waals surface area contributed by atoms with E-state index in [1.54, 1.807) is 0 Å². The normalized spacial score (nSPS) is 19.7. The summed E-state index contributed by atoms with van der Waals surface area (Å²) in [5.41, 5.74) is -0.923. The monoisotopic (exact) mass is 415 g/mol. The molecule has 1 saturated heterocycles. The lowest BCUT2D eigenvalue weighted by Gasteiger charge is -2.17. The zero-order valence-corrected chi connectivity index (χ0v) is 15.1. The van der Waals surface area contributed by atoms with Crippen molar-refractivity contribution in [1.29, 1.82) is 0 Å². The van der Waals surface area contributed by atoms with Crippen LogP contribution in [0.4, 0.5) is 26.3 Å². The molecule has 1 heterocycles. The van der Waals surface area contributed by atoms with Crippen LogP contribution in [0, 0.1) is 23.4 Å². The van der Waals surface area contributed by atoms with Crippen LogP contribution in [0.2, 0.25) is 0 Å². The molecule has 2 atom stereocenters. The lowest BCUT2D eigenvalue weighted by Crippen LogP contribution is -2.29. The van der Waals surface area contributed by atoms with Crippen molar-refractivity contribution in [3.05, 3.63) is 70.5 Å². The van der Waals surface area contributed by atoms with Crippen LogP contribution in [-0.4, -0.2) is 30.2 Å². The minimum Gasteiger partial charge on any atom is -0.344 e. The molecule has 154 valence electrons. The van der Waals surface area contributed by atoms with Gasteiger partial charge in [0.25, 0.3) is 0 Å². The lowest BCUT2D eigenvalue weighted by molar-refractivity contribution is -0.138. The molecule has 0 radical (unpaired) electrons. The molecule has 0 aliphatic carbocycles. The summed E-state index contributed by atoms with van der Waals surface area (Å²) in [4.78, 5) is 26.4.